The molecule has 0 aromatic carbocycles. The molecule has 0 aliphatic carbocycles. The van der Waals surface area contributed by atoms with Crippen LogP contribution >= 0.6 is 0 Å². The van der Waals surface area contributed by atoms with E-state index in [1.54, 1.807) is 4.90 Å². The highest BCUT2D eigenvalue weighted by atomic mass is 16.3. The molecule has 7 nitrogen and oxygen atoms in total. The van der Waals surface area contributed by atoms with Gasteiger partial charge in [-0.1, -0.05) is 0 Å². The zero-order valence-corrected chi connectivity index (χ0v) is 7.59. The summed E-state index contributed by atoms with van der Waals surface area (Å²) in [7, 11) is 0. The standard InChI is InChI=1S/C7H13N5O2/c8-6-9-7(11-10-6)12-1-4(3-13)5(14)2-12/h4-5,13-14H,1-3H2,(H3,8,9,10,11). The van der Waals surface area contributed by atoms with Crippen molar-refractivity contribution in [3.05, 3.63) is 0 Å². The van der Waals surface area contributed by atoms with Crippen molar-refractivity contribution in [2.75, 3.05) is 30.3 Å². The molecule has 0 bridgehead atoms. The van der Waals surface area contributed by atoms with E-state index < -0.39 is 6.10 Å². The molecule has 2 atom stereocenters. The summed E-state index contributed by atoms with van der Waals surface area (Å²) in [6.45, 7) is 0.953. The fraction of sp³-hybridized carbons (Fsp3) is 0.714. The van der Waals surface area contributed by atoms with Crippen LogP contribution in [-0.2, 0) is 0 Å². The molecule has 0 saturated carbocycles. The van der Waals surface area contributed by atoms with Crippen LogP contribution < -0.4 is 10.6 Å². The molecule has 2 unspecified atom stereocenters. The molecule has 1 aromatic heterocycles. The molecule has 1 aliphatic heterocycles. The summed E-state index contributed by atoms with van der Waals surface area (Å²) in [6, 6.07) is 0. The van der Waals surface area contributed by atoms with Crippen LogP contribution in [0.25, 0.3) is 0 Å². The van der Waals surface area contributed by atoms with Crippen molar-refractivity contribution in [3.63, 3.8) is 0 Å². The molecule has 14 heavy (non-hydrogen) atoms. The second-order valence-corrected chi connectivity index (χ2v) is 3.44. The van der Waals surface area contributed by atoms with Crippen molar-refractivity contribution in [1.29, 1.82) is 0 Å². The van der Waals surface area contributed by atoms with Gasteiger partial charge >= 0.3 is 0 Å². The van der Waals surface area contributed by atoms with Gasteiger partial charge in [-0.2, -0.15) is 4.98 Å². The van der Waals surface area contributed by atoms with E-state index in [9.17, 15) is 5.11 Å². The van der Waals surface area contributed by atoms with Crippen LogP contribution in [0.5, 0.6) is 0 Å². The number of H-pyrrole nitrogens is 1. The van der Waals surface area contributed by atoms with Crippen molar-refractivity contribution in [2.24, 2.45) is 5.92 Å². The number of aromatic nitrogens is 3. The lowest BCUT2D eigenvalue weighted by Crippen LogP contribution is -2.22. The topological polar surface area (TPSA) is 111 Å². The summed E-state index contributed by atoms with van der Waals surface area (Å²) in [5.41, 5.74) is 5.38. The van der Waals surface area contributed by atoms with Crippen LogP contribution in [0.4, 0.5) is 11.9 Å². The lowest BCUT2D eigenvalue weighted by molar-refractivity contribution is 0.104. The number of aliphatic hydroxyl groups is 2. The number of aromatic amines is 1. The van der Waals surface area contributed by atoms with E-state index in [4.69, 9.17) is 10.8 Å². The van der Waals surface area contributed by atoms with Crippen molar-refractivity contribution >= 4 is 11.9 Å². The third-order valence-electron chi connectivity index (χ3n) is 2.41. The van der Waals surface area contributed by atoms with Crippen LogP contribution in [0.1, 0.15) is 0 Å². The van der Waals surface area contributed by atoms with Gasteiger partial charge in [-0.05, 0) is 0 Å². The monoisotopic (exact) mass is 199 g/mol. The Kier molecular flexibility index (Phi) is 2.26. The number of β-amino-alcohol motifs (C(OH)–C–C–N with tert-alkyl or cyclic N) is 1. The molecular weight excluding hydrogens is 186 g/mol. The van der Waals surface area contributed by atoms with Gasteiger partial charge in [0.2, 0.25) is 11.9 Å². The van der Waals surface area contributed by atoms with Gasteiger partial charge in [0.1, 0.15) is 0 Å². The average molecular weight is 199 g/mol. The van der Waals surface area contributed by atoms with Gasteiger partial charge in [-0.25, -0.2) is 5.10 Å². The maximum Gasteiger partial charge on any atom is 0.246 e. The summed E-state index contributed by atoms with van der Waals surface area (Å²) in [6.07, 6.45) is -0.528. The molecule has 1 saturated heterocycles. The first kappa shape index (κ1) is 9.22. The third-order valence-corrected chi connectivity index (χ3v) is 2.41. The Bertz CT molecular complexity index is 315. The Morgan fingerprint density at radius 2 is 2.36 bits per heavy atom. The fourth-order valence-corrected chi connectivity index (χ4v) is 1.60. The number of aliphatic hydroxyl groups excluding tert-OH is 2. The quantitative estimate of drug-likeness (QED) is 0.446. The first-order chi connectivity index (χ1) is 6.70. The van der Waals surface area contributed by atoms with E-state index in [0.717, 1.165) is 0 Å². The third kappa shape index (κ3) is 1.51. The van der Waals surface area contributed by atoms with E-state index in [0.29, 0.717) is 19.0 Å². The largest absolute Gasteiger partial charge is 0.396 e. The molecule has 2 rings (SSSR count). The zero-order chi connectivity index (χ0) is 10.1. The molecule has 7 heteroatoms. The summed E-state index contributed by atoms with van der Waals surface area (Å²) in [5, 5.41) is 24.9. The highest BCUT2D eigenvalue weighted by Gasteiger charge is 2.32. The van der Waals surface area contributed by atoms with Crippen LogP contribution in [-0.4, -0.2) is 51.2 Å². The predicted octanol–water partition coefficient (Wildman–Crippen LogP) is -1.82. The predicted molar refractivity (Wildman–Crippen MR) is 49.6 cm³/mol. The minimum Gasteiger partial charge on any atom is -0.396 e. The Morgan fingerprint density at radius 1 is 1.57 bits per heavy atom. The van der Waals surface area contributed by atoms with Gasteiger partial charge in [-0.3, -0.25) is 0 Å². The number of nitrogens with one attached hydrogen (secondary N) is 1. The Morgan fingerprint density at radius 3 is 2.86 bits per heavy atom. The second kappa shape index (κ2) is 3.43. The number of nitrogens with two attached hydrogens (primary N) is 1. The smallest absolute Gasteiger partial charge is 0.246 e. The van der Waals surface area contributed by atoms with Crippen molar-refractivity contribution in [3.8, 4) is 0 Å². The van der Waals surface area contributed by atoms with E-state index in [-0.39, 0.29) is 18.5 Å². The van der Waals surface area contributed by atoms with Gasteiger partial charge in [0.05, 0.1) is 12.7 Å². The maximum absolute atomic E-state index is 9.53. The summed E-state index contributed by atoms with van der Waals surface area (Å²) in [5.74, 6) is 0.592. The van der Waals surface area contributed by atoms with Crippen LogP contribution in [0.15, 0.2) is 0 Å². The maximum atomic E-state index is 9.53. The number of anilines is 2. The van der Waals surface area contributed by atoms with Crippen LogP contribution in [0, 0.1) is 5.92 Å². The van der Waals surface area contributed by atoms with Crippen LogP contribution in [0.3, 0.4) is 0 Å². The molecular formula is C7H13N5O2. The SMILES string of the molecule is Nc1nc(N2CC(O)C(CO)C2)n[nH]1. The number of hydrogen-bond acceptors (Lipinski definition) is 6. The summed E-state index contributed by atoms with van der Waals surface area (Å²) < 4.78 is 0. The number of hydrogen-bond donors (Lipinski definition) is 4. The first-order valence-electron chi connectivity index (χ1n) is 4.42. The second-order valence-electron chi connectivity index (χ2n) is 3.44. The minimum absolute atomic E-state index is 0.0302. The van der Waals surface area contributed by atoms with Gasteiger partial charge in [-0.15, -0.1) is 5.10 Å². The number of rotatable bonds is 2. The first-order valence-corrected chi connectivity index (χ1v) is 4.42. The zero-order valence-electron chi connectivity index (χ0n) is 7.59. The molecule has 0 spiro atoms. The lowest BCUT2D eigenvalue weighted by atomic mass is 10.1. The Labute approximate surface area is 80.6 Å². The molecule has 1 fully saturated rings. The molecule has 78 valence electrons. The lowest BCUT2D eigenvalue weighted by Gasteiger charge is -2.11. The Hall–Kier alpha value is -1.34. The van der Waals surface area contributed by atoms with Gasteiger partial charge < -0.3 is 20.8 Å². The van der Waals surface area contributed by atoms with E-state index >= 15 is 0 Å². The van der Waals surface area contributed by atoms with Crippen molar-refractivity contribution in [2.45, 2.75) is 6.10 Å². The fourth-order valence-electron chi connectivity index (χ4n) is 1.60. The van der Waals surface area contributed by atoms with E-state index in [2.05, 4.69) is 15.2 Å². The normalized spacial score (nSPS) is 27.1. The highest BCUT2D eigenvalue weighted by Crippen LogP contribution is 2.20. The molecule has 0 radical (unpaired) electrons. The average Bonchev–Trinajstić information content (AvgIpc) is 2.71. The van der Waals surface area contributed by atoms with Gasteiger partial charge in [0.15, 0.2) is 0 Å². The molecule has 2 heterocycles. The summed E-state index contributed by atoms with van der Waals surface area (Å²) >= 11 is 0. The van der Waals surface area contributed by atoms with E-state index in [1.807, 2.05) is 0 Å². The van der Waals surface area contributed by atoms with E-state index in [1.165, 1.54) is 0 Å². The number of nitrogen functional groups attached to an aromatic ring is 1. The van der Waals surface area contributed by atoms with Crippen LogP contribution in [0.2, 0.25) is 0 Å². The van der Waals surface area contributed by atoms with Gasteiger partial charge in [0.25, 0.3) is 0 Å². The highest BCUT2D eigenvalue weighted by molar-refractivity contribution is 5.35. The van der Waals surface area contributed by atoms with Crippen molar-refractivity contribution in [1.82, 2.24) is 15.2 Å². The Balaban J connectivity index is 2.08. The van der Waals surface area contributed by atoms with Crippen molar-refractivity contribution < 1.29 is 10.2 Å². The minimum atomic E-state index is -0.528. The molecule has 1 aromatic rings. The number of nitrogens with zero attached hydrogens (tertiary/aromatic N) is 3. The van der Waals surface area contributed by atoms with Gasteiger partial charge in [0, 0.05) is 19.0 Å². The summed E-state index contributed by atoms with van der Waals surface area (Å²) in [4.78, 5) is 5.73. The molecule has 0 amide bonds. The molecule has 5 N–H and O–H groups in total. The molecule has 1 aliphatic rings.